The van der Waals surface area contributed by atoms with E-state index >= 15 is 0 Å². The number of esters is 2. The minimum Gasteiger partial charge on any atom is -0.463 e. The Morgan fingerprint density at radius 3 is 0.762 bits per heavy atom. The Morgan fingerprint density at radius 2 is 0.500 bits per heavy atom. The highest BCUT2D eigenvalue weighted by atomic mass is 28.5. The van der Waals surface area contributed by atoms with Crippen LogP contribution in [0.5, 0.6) is 0 Å². The average Bonchev–Trinajstić information content (AvgIpc) is 0.750. The molecule has 28 nitrogen and oxygen atoms in total. The normalized spacial score (nSPS) is 29.1. The van der Waals surface area contributed by atoms with Crippen molar-refractivity contribution in [1.82, 2.24) is 9.80 Å². The van der Waals surface area contributed by atoms with Crippen LogP contribution >= 0.6 is 0 Å². The molecule has 43 heteroatoms. The molecule has 4 rings (SSSR count). The molecule has 20 atom stereocenters. The van der Waals surface area contributed by atoms with E-state index in [9.17, 15) is 19.2 Å². The maximum atomic E-state index is 14.9. The van der Waals surface area contributed by atoms with Crippen LogP contribution in [-0.2, 0) is 118 Å². The molecule has 4 saturated heterocycles. The fourth-order valence-electron chi connectivity index (χ4n) is 15.4. The molecule has 0 aliphatic carbocycles. The van der Waals surface area contributed by atoms with Gasteiger partial charge in [-0.05, 0) is 293 Å². The zero-order chi connectivity index (χ0) is 94.4. The van der Waals surface area contributed by atoms with E-state index in [-0.39, 0.29) is 44.8 Å². The van der Waals surface area contributed by atoms with Crippen LogP contribution in [0.4, 0.5) is 0 Å². The van der Waals surface area contributed by atoms with Crippen LogP contribution in [0, 0.1) is 0 Å². The Labute approximate surface area is 755 Å². The van der Waals surface area contributed by atoms with Crippen molar-refractivity contribution in [2.24, 2.45) is 0 Å². The molecule has 0 bridgehead atoms. The van der Waals surface area contributed by atoms with E-state index < -0.39 is 260 Å². The second-order valence-corrected chi connectivity index (χ2v) is 113. The summed E-state index contributed by atoms with van der Waals surface area (Å²) >= 11 is 0. The number of carbonyl (C=O) groups excluding carboxylic acids is 4. The number of nitrogens with zero attached hydrogens (tertiary/aromatic N) is 2. The molecule has 4 fully saturated rings. The van der Waals surface area contributed by atoms with Gasteiger partial charge in [0.1, 0.15) is 111 Å². The van der Waals surface area contributed by atoms with Crippen molar-refractivity contribution in [3.05, 3.63) is 0 Å². The van der Waals surface area contributed by atoms with Gasteiger partial charge in [0.2, 0.25) is 11.8 Å². The van der Waals surface area contributed by atoms with Gasteiger partial charge in [-0.15, -0.1) is 0 Å². The minimum atomic E-state index is -3.00. The summed E-state index contributed by atoms with van der Waals surface area (Å²) in [4.78, 5) is 58.7. The highest BCUT2D eigenvalue weighted by Crippen LogP contribution is 2.44. The van der Waals surface area contributed by atoms with Gasteiger partial charge in [-0.2, -0.15) is 0 Å². The monoisotopic (exact) mass is 1990 g/mol. The predicted molar refractivity (Wildman–Crippen MR) is 522 cm³/mol. The van der Waals surface area contributed by atoms with Crippen molar-refractivity contribution in [3.63, 3.8) is 0 Å². The maximum Gasteiger partial charge on any atom is 0.311 e. The fourth-order valence-corrected chi connectivity index (χ4v) is 41.3. The summed E-state index contributed by atoms with van der Waals surface area (Å²) in [6.45, 7) is 96.2. The second kappa shape index (κ2) is 44.2. The third-order valence-electron chi connectivity index (χ3n) is 18.7. The molecule has 2 amide bonds. The van der Waals surface area contributed by atoms with Crippen LogP contribution in [0.3, 0.4) is 0 Å². The smallest absolute Gasteiger partial charge is 0.311 e. The summed E-state index contributed by atoms with van der Waals surface area (Å²) in [6, 6.07) is 1.19. The lowest BCUT2D eigenvalue weighted by molar-refractivity contribution is -0.339. The van der Waals surface area contributed by atoms with E-state index in [1.807, 2.05) is 0 Å². The average molecular weight is 1990 g/mol. The van der Waals surface area contributed by atoms with Crippen LogP contribution < -0.4 is 0 Å². The molecule has 0 spiro atoms. The van der Waals surface area contributed by atoms with E-state index in [0.29, 0.717) is 25.1 Å². The molecule has 718 valence electrons. The first-order chi connectivity index (χ1) is 54.4. The van der Waals surface area contributed by atoms with Crippen LogP contribution in [0.25, 0.3) is 0 Å². The van der Waals surface area contributed by atoms with Gasteiger partial charge in [0, 0.05) is 40.8 Å². The Hall–Kier alpha value is 0.333. The zero-order valence-electron chi connectivity index (χ0n) is 84.9. The number of rotatable bonds is 47. The van der Waals surface area contributed by atoms with Crippen LogP contribution in [-0.4, -0.2) is 321 Å². The van der Waals surface area contributed by atoms with Gasteiger partial charge < -0.3 is 109 Å². The lowest BCUT2D eigenvalue weighted by atomic mass is 9.96. The summed E-state index contributed by atoms with van der Waals surface area (Å²) < 4.78 is 158. The van der Waals surface area contributed by atoms with Crippen LogP contribution in [0.15, 0.2) is 0 Å². The van der Waals surface area contributed by atoms with Gasteiger partial charge >= 0.3 is 20.5 Å². The third-order valence-corrected chi connectivity index (χ3v) is 41.9. The second-order valence-electron chi connectivity index (χ2n) is 47.2. The van der Waals surface area contributed by atoms with Crippen molar-refractivity contribution in [3.8, 4) is 0 Å². The molecule has 0 saturated carbocycles. The summed E-state index contributed by atoms with van der Waals surface area (Å²) in [5.74, 6) is -1.33. The van der Waals surface area contributed by atoms with Crippen LogP contribution in [0.1, 0.15) is 34.1 Å². The van der Waals surface area contributed by atoms with Gasteiger partial charge in [-0.1, -0.05) is 0 Å². The number of amides is 2. The summed E-state index contributed by atoms with van der Waals surface area (Å²) in [7, 11) is -37.8. The van der Waals surface area contributed by atoms with E-state index in [1.54, 1.807) is 23.6 Å². The summed E-state index contributed by atoms with van der Waals surface area (Å²) in [6.07, 6.45) is -16.4. The number of carbonyl (C=O) groups is 4. The van der Waals surface area contributed by atoms with Crippen molar-refractivity contribution < 1.29 is 118 Å². The SMILES string of the molecule is CC(=O)OCC1O[C@H](O[C@H]2C(CO[Si](C)(C)C)O[C@H](N(CCC[Si](C)(C)O[Si](C)(C)O[Si](C)(C)CCN(C(C)=O)[C@@H]3O[C@@H](CO[Si](C)(C)C)[C@@H](O[C@@H]4OC(COC(C)=O)[C@@H](O[Si](C)(C)C)[C@H](O[Si](C)(C)C)C4O[Si](C)(C)C)C(O[Si](C)(C)C)C3O[Si](C)(C)C)C(C)=O)C(O[Si](C)(C)C)C2O[Si](C)(C)C)[C@H](O[Si](C)(C)C)C(O[Si](C)(C)C)[C@@H]1O[Si](C)(C)C. The van der Waals surface area contributed by atoms with E-state index in [2.05, 4.69) is 275 Å². The topological polar surface area (TPSA) is 278 Å². The van der Waals surface area contributed by atoms with Crippen LogP contribution in [0.2, 0.25) is 287 Å². The zero-order valence-corrected chi connectivity index (χ0v) is 99.9. The Morgan fingerprint density at radius 1 is 0.262 bits per heavy atom. The molecule has 4 aliphatic heterocycles. The number of hydrogen-bond acceptors (Lipinski definition) is 26. The molecular formula is C79H176N2O26Si15. The molecule has 4 aliphatic rings. The lowest BCUT2D eigenvalue weighted by Gasteiger charge is -2.55. The summed E-state index contributed by atoms with van der Waals surface area (Å²) in [5.41, 5.74) is 0. The predicted octanol–water partition coefficient (Wildman–Crippen LogP) is 16.9. The maximum absolute atomic E-state index is 14.9. The first kappa shape index (κ1) is 115. The van der Waals surface area contributed by atoms with E-state index in [1.165, 1.54) is 13.8 Å². The molecule has 0 aromatic carbocycles. The van der Waals surface area contributed by atoms with Gasteiger partial charge in [0.25, 0.3) is 0 Å². The largest absolute Gasteiger partial charge is 0.463 e. The van der Waals surface area contributed by atoms with Gasteiger partial charge in [0.15, 0.2) is 141 Å². The first-order valence-electron chi connectivity index (χ1n) is 44.6. The third kappa shape index (κ3) is 42.3. The van der Waals surface area contributed by atoms with E-state index in [4.69, 9.17) is 99.2 Å². The first-order valence-corrected chi connectivity index (χ1v) is 94.5. The van der Waals surface area contributed by atoms with Gasteiger partial charge in [-0.3, -0.25) is 19.2 Å². The molecular weight excluding hydrogens is 1810 g/mol. The van der Waals surface area contributed by atoms with Crippen molar-refractivity contribution in [2.45, 2.75) is 444 Å². The number of hydrogen-bond donors (Lipinski definition) is 0. The minimum absolute atomic E-state index is 0.100. The highest BCUT2D eigenvalue weighted by Gasteiger charge is 2.62. The molecule has 122 heavy (non-hydrogen) atoms. The van der Waals surface area contributed by atoms with Crippen molar-refractivity contribution in [2.75, 3.05) is 39.5 Å². The van der Waals surface area contributed by atoms with E-state index in [0.717, 1.165) is 0 Å². The fraction of sp³-hybridized carbons (Fsp3) is 0.949. The Balaban J connectivity index is 1.81. The number of ether oxygens (including phenoxy) is 8. The van der Waals surface area contributed by atoms with Gasteiger partial charge in [-0.25, -0.2) is 0 Å². The van der Waals surface area contributed by atoms with Crippen molar-refractivity contribution in [1.29, 1.82) is 0 Å². The highest BCUT2D eigenvalue weighted by molar-refractivity contribution is 6.88. The molecule has 0 aromatic heterocycles. The molecule has 0 N–H and O–H groups in total. The molecule has 9 unspecified atom stereocenters. The standard InChI is InChI=1S/C79H176N2O26Si15/c1-56(82)80(76-72(102-116(29,30)31)68(98-112(17,18)19)64(62(90-76)54-88-108(5,6)7)94-78-74(104-118(35,36)37)70(100-114(23,24)25)66(96-110(11,12)13)60(92-78)52-86-58(3)84)48-47-50-120(41,42)106-122(45,46)107-121(43,44)51-49-81(57(2)83)77-73(103-117(32,33)34)69(99-113(20,21)22)65(63(91-77)55-89-109(8,9)10)95-79-75(105-119(38,39)40)71(101-115(26,27)28)67(97-111(14,15)16)61(93-79)53-87-59(4)85/h60-79H,47-55H2,1-46H3/t60?,61?,62?,63-,64-,65+,66+,67+,68?,69?,70?,71-,72?,73?,74+,75?,76-,77+,78+,79-/m0/s1. The Kier molecular flexibility index (Phi) is 41.6. The Bertz CT molecular complexity index is 3280. The molecule has 4 heterocycles. The van der Waals surface area contributed by atoms with Gasteiger partial charge in [0.05, 0.1) is 13.2 Å². The lowest BCUT2D eigenvalue weighted by Crippen LogP contribution is -2.71. The molecule has 0 aromatic rings. The quantitative estimate of drug-likeness (QED) is 0.0404. The van der Waals surface area contributed by atoms with Crippen molar-refractivity contribution >= 4 is 149 Å². The molecule has 0 radical (unpaired) electrons. The summed E-state index contributed by atoms with van der Waals surface area (Å²) in [5, 5.41) is 0.